The zero-order chi connectivity index (χ0) is 23.4. The molecule has 1 heterocycles. The van der Waals surface area contributed by atoms with Crippen molar-refractivity contribution in [2.75, 3.05) is 11.4 Å². The average Bonchev–Trinajstić information content (AvgIpc) is 3.30. The van der Waals surface area contributed by atoms with E-state index in [0.29, 0.717) is 17.8 Å². The summed E-state index contributed by atoms with van der Waals surface area (Å²) in [5.74, 6) is -0.414. The van der Waals surface area contributed by atoms with Gasteiger partial charge in [0.15, 0.2) is 0 Å². The molecule has 0 bridgehead atoms. The number of anilines is 1. The van der Waals surface area contributed by atoms with Gasteiger partial charge in [-0.1, -0.05) is 78.4 Å². The Morgan fingerprint density at radius 1 is 0.909 bits per heavy atom. The fourth-order valence-corrected chi connectivity index (χ4v) is 6.33. The van der Waals surface area contributed by atoms with Gasteiger partial charge in [0.05, 0.1) is 5.69 Å². The van der Waals surface area contributed by atoms with Gasteiger partial charge >= 0.3 is 0 Å². The van der Waals surface area contributed by atoms with E-state index in [9.17, 15) is 13.2 Å². The molecule has 7 heteroatoms. The summed E-state index contributed by atoms with van der Waals surface area (Å²) in [4.78, 5) is 13.4. The maximum absolute atomic E-state index is 13.8. The summed E-state index contributed by atoms with van der Waals surface area (Å²) in [5, 5.41) is 4.62. The summed E-state index contributed by atoms with van der Waals surface area (Å²) in [6, 6.07) is 25.9. The molecular weight excluding hydrogens is 452 g/mol. The summed E-state index contributed by atoms with van der Waals surface area (Å²) in [5.41, 5.74) is 3.86. The Morgan fingerprint density at radius 3 is 2.15 bits per heavy atom. The first-order valence-electron chi connectivity index (χ1n) is 10.4. The van der Waals surface area contributed by atoms with Gasteiger partial charge in [0.25, 0.3) is 15.9 Å². The Balaban J connectivity index is 1.74. The van der Waals surface area contributed by atoms with Gasteiger partial charge in [-0.05, 0) is 30.2 Å². The third-order valence-electron chi connectivity index (χ3n) is 5.35. The zero-order valence-electron chi connectivity index (χ0n) is 18.4. The minimum atomic E-state index is -4.01. The number of hydrogen-bond acceptors (Lipinski definition) is 4. The lowest BCUT2D eigenvalue weighted by molar-refractivity contribution is 0.0952. The van der Waals surface area contributed by atoms with Crippen LogP contribution in [0.25, 0.3) is 11.1 Å². The fraction of sp³-hybridized carbons (Fsp3) is 0.115. The van der Waals surface area contributed by atoms with E-state index in [0.717, 1.165) is 28.0 Å². The molecule has 0 aliphatic heterocycles. The first-order valence-corrected chi connectivity index (χ1v) is 12.7. The van der Waals surface area contributed by atoms with Gasteiger partial charge in [-0.15, -0.1) is 11.3 Å². The van der Waals surface area contributed by atoms with Crippen LogP contribution in [0, 0.1) is 6.92 Å². The number of benzene rings is 3. The number of carbonyl (C=O) groups excluding carboxylic acids is 1. The predicted octanol–water partition coefficient (Wildman–Crippen LogP) is 5.48. The maximum atomic E-state index is 13.8. The molecule has 1 amide bonds. The largest absolute Gasteiger partial charge is 0.347 e. The molecule has 3 aromatic carbocycles. The summed E-state index contributed by atoms with van der Waals surface area (Å²) in [6.45, 7) is 2.31. The van der Waals surface area contributed by atoms with Crippen molar-refractivity contribution in [3.63, 3.8) is 0 Å². The second kappa shape index (κ2) is 9.60. The Kier molecular flexibility index (Phi) is 6.62. The van der Waals surface area contributed by atoms with E-state index in [1.165, 1.54) is 11.4 Å². The lowest BCUT2D eigenvalue weighted by atomic mass is 10.1. The van der Waals surface area contributed by atoms with Gasteiger partial charge in [0.2, 0.25) is 0 Å². The smallest absolute Gasteiger partial charge is 0.266 e. The molecule has 1 aromatic heterocycles. The molecule has 33 heavy (non-hydrogen) atoms. The van der Waals surface area contributed by atoms with Gasteiger partial charge in [-0.25, -0.2) is 8.42 Å². The quantitative estimate of drug-likeness (QED) is 0.384. The summed E-state index contributed by atoms with van der Waals surface area (Å²) in [7, 11) is -2.50. The molecule has 5 nitrogen and oxygen atoms in total. The fourth-order valence-electron chi connectivity index (χ4n) is 3.46. The maximum Gasteiger partial charge on any atom is 0.266 e. The van der Waals surface area contributed by atoms with Crippen molar-refractivity contribution in [3.05, 3.63) is 106 Å². The second-order valence-corrected chi connectivity index (χ2v) is 10.4. The highest BCUT2D eigenvalue weighted by Crippen LogP contribution is 2.37. The highest BCUT2D eigenvalue weighted by molar-refractivity contribution is 7.93. The Hall–Kier alpha value is -3.42. The van der Waals surface area contributed by atoms with Gasteiger partial charge in [-0.3, -0.25) is 9.10 Å². The van der Waals surface area contributed by atoms with E-state index in [4.69, 9.17) is 0 Å². The van der Waals surface area contributed by atoms with Gasteiger partial charge in [0.1, 0.15) is 9.77 Å². The Labute approximate surface area is 198 Å². The van der Waals surface area contributed by atoms with E-state index in [1.54, 1.807) is 29.6 Å². The molecule has 0 saturated carbocycles. The topological polar surface area (TPSA) is 66.5 Å². The molecule has 0 saturated heterocycles. The van der Waals surface area contributed by atoms with E-state index in [-0.39, 0.29) is 9.77 Å². The summed E-state index contributed by atoms with van der Waals surface area (Å²) < 4.78 is 28.8. The number of aryl methyl sites for hydroxylation is 1. The summed E-state index contributed by atoms with van der Waals surface area (Å²) in [6.07, 6.45) is 0. The molecule has 0 spiro atoms. The molecule has 0 unspecified atom stereocenters. The number of para-hydroxylation sites is 1. The molecule has 0 fully saturated rings. The third kappa shape index (κ3) is 4.84. The number of nitrogens with zero attached hydrogens (tertiary/aromatic N) is 1. The standard InChI is InChI=1S/C26H24N2O3S2/c1-19-13-15-20(16-14-19)17-27-26(29)24-25(23(18-32-24)21-9-5-3-6-10-21)33(30,31)28(2)22-11-7-4-8-12-22/h3-16,18H,17H2,1-2H3,(H,27,29). The predicted molar refractivity (Wildman–Crippen MR) is 134 cm³/mol. The summed E-state index contributed by atoms with van der Waals surface area (Å²) >= 11 is 1.14. The van der Waals surface area contributed by atoms with E-state index in [2.05, 4.69) is 5.32 Å². The van der Waals surface area contributed by atoms with Gasteiger partial charge < -0.3 is 5.32 Å². The van der Waals surface area contributed by atoms with Gasteiger partial charge in [0, 0.05) is 24.5 Å². The monoisotopic (exact) mass is 476 g/mol. The van der Waals surface area contributed by atoms with Crippen LogP contribution < -0.4 is 9.62 Å². The molecule has 4 aromatic rings. The van der Waals surface area contributed by atoms with Crippen LogP contribution in [0.4, 0.5) is 5.69 Å². The molecule has 0 radical (unpaired) electrons. The van der Waals surface area contributed by atoms with Crippen molar-refractivity contribution in [2.45, 2.75) is 18.4 Å². The number of sulfonamides is 1. The highest BCUT2D eigenvalue weighted by Gasteiger charge is 2.32. The molecular formula is C26H24N2O3S2. The molecule has 4 rings (SSSR count). The van der Waals surface area contributed by atoms with Crippen LogP contribution in [0.15, 0.2) is 95.2 Å². The van der Waals surface area contributed by atoms with Crippen LogP contribution >= 0.6 is 11.3 Å². The third-order valence-corrected chi connectivity index (χ3v) is 8.33. The van der Waals surface area contributed by atoms with Crippen LogP contribution in [-0.2, 0) is 16.6 Å². The number of carbonyl (C=O) groups is 1. The van der Waals surface area contributed by atoms with Crippen LogP contribution in [0.2, 0.25) is 0 Å². The SMILES string of the molecule is Cc1ccc(CNC(=O)c2scc(-c3ccccc3)c2S(=O)(=O)N(C)c2ccccc2)cc1. The van der Waals surface area contributed by atoms with Crippen LogP contribution in [0.1, 0.15) is 20.8 Å². The van der Waals surface area contributed by atoms with E-state index < -0.39 is 15.9 Å². The first kappa shape index (κ1) is 22.8. The van der Waals surface area contributed by atoms with Crippen molar-refractivity contribution in [3.8, 4) is 11.1 Å². The Morgan fingerprint density at radius 2 is 1.52 bits per heavy atom. The molecule has 0 atom stereocenters. The van der Waals surface area contributed by atoms with Crippen LogP contribution in [-0.4, -0.2) is 21.4 Å². The molecule has 0 aliphatic rings. The first-order chi connectivity index (χ1) is 15.9. The number of thiophene rings is 1. The minimum absolute atomic E-state index is 0.0199. The lowest BCUT2D eigenvalue weighted by Gasteiger charge is -2.21. The lowest BCUT2D eigenvalue weighted by Crippen LogP contribution is -2.30. The van der Waals surface area contributed by atoms with Crippen LogP contribution in [0.5, 0.6) is 0 Å². The molecule has 1 N–H and O–H groups in total. The minimum Gasteiger partial charge on any atom is -0.347 e. The number of rotatable bonds is 7. The van der Waals surface area contributed by atoms with Gasteiger partial charge in [-0.2, -0.15) is 0 Å². The number of hydrogen-bond donors (Lipinski definition) is 1. The average molecular weight is 477 g/mol. The van der Waals surface area contributed by atoms with E-state index >= 15 is 0 Å². The van der Waals surface area contributed by atoms with Crippen LogP contribution in [0.3, 0.4) is 0 Å². The highest BCUT2D eigenvalue weighted by atomic mass is 32.2. The van der Waals surface area contributed by atoms with E-state index in [1.807, 2.05) is 67.6 Å². The second-order valence-electron chi connectivity index (χ2n) is 7.65. The normalized spacial score (nSPS) is 11.2. The number of amides is 1. The molecule has 0 aliphatic carbocycles. The molecule has 168 valence electrons. The van der Waals surface area contributed by atoms with Crippen molar-refractivity contribution < 1.29 is 13.2 Å². The van der Waals surface area contributed by atoms with Crippen molar-refractivity contribution in [2.24, 2.45) is 0 Å². The zero-order valence-corrected chi connectivity index (χ0v) is 20.0. The van der Waals surface area contributed by atoms with Crippen molar-refractivity contribution >= 4 is 33.0 Å². The van der Waals surface area contributed by atoms with Crippen molar-refractivity contribution in [1.82, 2.24) is 5.32 Å². The van der Waals surface area contributed by atoms with Crippen molar-refractivity contribution in [1.29, 1.82) is 0 Å². The number of nitrogens with one attached hydrogen (secondary N) is 1. The Bertz CT molecular complexity index is 1350.